The van der Waals surface area contributed by atoms with Gasteiger partial charge in [0.15, 0.2) is 0 Å². The van der Waals surface area contributed by atoms with Crippen molar-refractivity contribution in [3.63, 3.8) is 0 Å². The van der Waals surface area contributed by atoms with E-state index < -0.39 is 0 Å². The molecule has 1 aliphatic heterocycles. The fourth-order valence-electron chi connectivity index (χ4n) is 2.82. The van der Waals surface area contributed by atoms with Crippen molar-refractivity contribution in [2.75, 3.05) is 6.54 Å². The second kappa shape index (κ2) is 5.43. The van der Waals surface area contributed by atoms with Crippen LogP contribution in [0.4, 0.5) is 0 Å². The lowest BCUT2D eigenvalue weighted by molar-refractivity contribution is 0.189. The Kier molecular flexibility index (Phi) is 3.67. The van der Waals surface area contributed by atoms with Crippen molar-refractivity contribution in [2.24, 2.45) is 0 Å². The Morgan fingerprint density at radius 1 is 1.32 bits per heavy atom. The van der Waals surface area contributed by atoms with Crippen molar-refractivity contribution >= 4 is 15.9 Å². The van der Waals surface area contributed by atoms with Crippen molar-refractivity contribution in [2.45, 2.75) is 25.9 Å². The third-order valence-electron chi connectivity index (χ3n) is 3.87. The molecular formula is C16H17BrN2. The van der Waals surface area contributed by atoms with E-state index >= 15 is 0 Å². The monoisotopic (exact) mass is 316 g/mol. The molecule has 2 heterocycles. The summed E-state index contributed by atoms with van der Waals surface area (Å²) in [6.07, 6.45) is 4.93. The fraction of sp³-hybridized carbons (Fsp3) is 0.312. The van der Waals surface area contributed by atoms with Crippen LogP contribution in [0.1, 0.15) is 29.7 Å². The van der Waals surface area contributed by atoms with Crippen molar-refractivity contribution in [3.8, 4) is 0 Å². The van der Waals surface area contributed by atoms with E-state index in [1.165, 1.54) is 16.7 Å². The molecule has 1 aromatic carbocycles. The predicted octanol–water partition coefficient (Wildman–Crippen LogP) is 3.96. The molecule has 0 bridgehead atoms. The van der Waals surface area contributed by atoms with Crippen molar-refractivity contribution < 1.29 is 0 Å². The van der Waals surface area contributed by atoms with Gasteiger partial charge in [-0.15, -0.1) is 0 Å². The molecule has 0 spiro atoms. The normalized spacial score (nSPS) is 19.2. The number of nitrogens with zero attached hydrogens (tertiary/aromatic N) is 2. The zero-order valence-corrected chi connectivity index (χ0v) is 12.6. The average molecular weight is 317 g/mol. The smallest absolute Gasteiger partial charge is 0.0410 e. The van der Waals surface area contributed by atoms with Gasteiger partial charge in [-0.05, 0) is 52.0 Å². The molecule has 98 valence electrons. The molecule has 2 aromatic rings. The first kappa shape index (κ1) is 12.8. The lowest BCUT2D eigenvalue weighted by atomic mass is 9.93. The third kappa shape index (κ3) is 2.72. The summed E-state index contributed by atoms with van der Waals surface area (Å²) in [6, 6.07) is 11.4. The van der Waals surface area contributed by atoms with Crippen LogP contribution in [0, 0.1) is 0 Å². The molecule has 0 radical (unpaired) electrons. The molecule has 3 heteroatoms. The van der Waals surface area contributed by atoms with Crippen molar-refractivity contribution in [3.05, 3.63) is 63.9 Å². The maximum absolute atomic E-state index is 4.25. The molecule has 0 amide bonds. The Morgan fingerprint density at radius 3 is 3.00 bits per heavy atom. The minimum atomic E-state index is 0.476. The number of rotatable bonds is 2. The number of fused-ring (bicyclic) bond motifs is 1. The maximum atomic E-state index is 4.25. The van der Waals surface area contributed by atoms with E-state index in [0.29, 0.717) is 6.04 Å². The number of hydrogen-bond donors (Lipinski definition) is 0. The number of benzene rings is 1. The topological polar surface area (TPSA) is 16.1 Å². The van der Waals surface area contributed by atoms with Gasteiger partial charge in [0, 0.05) is 36.0 Å². The SMILES string of the molecule is CC1c2ccccc2CCN1Cc1cncc(Br)c1. The summed E-state index contributed by atoms with van der Waals surface area (Å²) in [5, 5.41) is 0. The van der Waals surface area contributed by atoms with Gasteiger partial charge in [-0.3, -0.25) is 9.88 Å². The van der Waals surface area contributed by atoms with E-state index in [0.717, 1.165) is 24.0 Å². The molecule has 1 aromatic heterocycles. The first-order valence-corrected chi connectivity index (χ1v) is 7.44. The molecular weight excluding hydrogens is 300 g/mol. The Morgan fingerprint density at radius 2 is 2.16 bits per heavy atom. The van der Waals surface area contributed by atoms with Crippen LogP contribution in [-0.2, 0) is 13.0 Å². The first-order chi connectivity index (χ1) is 9.24. The summed E-state index contributed by atoms with van der Waals surface area (Å²) in [5.41, 5.74) is 4.23. The van der Waals surface area contributed by atoms with E-state index in [4.69, 9.17) is 0 Å². The number of pyridine rings is 1. The highest BCUT2D eigenvalue weighted by Crippen LogP contribution is 2.30. The second-order valence-corrected chi connectivity index (χ2v) is 6.02. The Bertz CT molecular complexity index is 582. The van der Waals surface area contributed by atoms with Gasteiger partial charge in [0.05, 0.1) is 0 Å². The lowest BCUT2D eigenvalue weighted by Gasteiger charge is -2.35. The third-order valence-corrected chi connectivity index (χ3v) is 4.30. The second-order valence-electron chi connectivity index (χ2n) is 5.11. The lowest BCUT2D eigenvalue weighted by Crippen LogP contribution is -2.33. The zero-order chi connectivity index (χ0) is 13.2. The highest BCUT2D eigenvalue weighted by molar-refractivity contribution is 9.10. The Balaban J connectivity index is 1.81. The molecule has 1 atom stereocenters. The van der Waals surface area contributed by atoms with Gasteiger partial charge in [-0.25, -0.2) is 0 Å². The minimum absolute atomic E-state index is 0.476. The van der Waals surface area contributed by atoms with Crippen LogP contribution in [0.2, 0.25) is 0 Å². The van der Waals surface area contributed by atoms with Gasteiger partial charge in [-0.1, -0.05) is 24.3 Å². The van der Waals surface area contributed by atoms with Crippen LogP contribution >= 0.6 is 15.9 Å². The molecule has 0 fully saturated rings. The summed E-state index contributed by atoms with van der Waals surface area (Å²) in [5.74, 6) is 0. The summed E-state index contributed by atoms with van der Waals surface area (Å²) < 4.78 is 1.05. The molecule has 0 saturated heterocycles. The summed E-state index contributed by atoms with van der Waals surface area (Å²) >= 11 is 3.49. The Labute approximate surface area is 122 Å². The van der Waals surface area contributed by atoms with Crippen LogP contribution in [0.5, 0.6) is 0 Å². The zero-order valence-electron chi connectivity index (χ0n) is 11.0. The molecule has 0 aliphatic carbocycles. The van der Waals surface area contributed by atoms with Crippen molar-refractivity contribution in [1.82, 2.24) is 9.88 Å². The van der Waals surface area contributed by atoms with Crippen molar-refractivity contribution in [1.29, 1.82) is 0 Å². The number of halogens is 1. The first-order valence-electron chi connectivity index (χ1n) is 6.65. The van der Waals surface area contributed by atoms with E-state index in [2.05, 4.69) is 63.1 Å². The van der Waals surface area contributed by atoms with Gasteiger partial charge in [-0.2, -0.15) is 0 Å². The largest absolute Gasteiger partial charge is 0.292 e. The van der Waals surface area contributed by atoms with Gasteiger partial charge < -0.3 is 0 Å². The van der Waals surface area contributed by atoms with Gasteiger partial charge in [0.1, 0.15) is 0 Å². The molecule has 0 N–H and O–H groups in total. The standard InChI is InChI=1S/C16H17BrN2/c1-12-16-5-3-2-4-14(16)6-7-19(12)11-13-8-15(17)10-18-9-13/h2-5,8-10,12H,6-7,11H2,1H3. The number of hydrogen-bond acceptors (Lipinski definition) is 2. The predicted molar refractivity (Wildman–Crippen MR) is 80.9 cm³/mol. The van der Waals surface area contributed by atoms with Gasteiger partial charge in [0.2, 0.25) is 0 Å². The van der Waals surface area contributed by atoms with Crippen LogP contribution in [0.3, 0.4) is 0 Å². The minimum Gasteiger partial charge on any atom is -0.292 e. The van der Waals surface area contributed by atoms with Crippen LogP contribution < -0.4 is 0 Å². The van der Waals surface area contributed by atoms with Gasteiger partial charge in [0.25, 0.3) is 0 Å². The van der Waals surface area contributed by atoms with Crippen LogP contribution in [0.15, 0.2) is 47.2 Å². The highest BCUT2D eigenvalue weighted by atomic mass is 79.9. The average Bonchev–Trinajstić information content (AvgIpc) is 2.42. The molecule has 3 rings (SSSR count). The quantitative estimate of drug-likeness (QED) is 0.833. The van der Waals surface area contributed by atoms with E-state index in [1.807, 2.05) is 12.4 Å². The van der Waals surface area contributed by atoms with E-state index in [1.54, 1.807) is 0 Å². The summed E-state index contributed by atoms with van der Waals surface area (Å²) in [7, 11) is 0. The van der Waals surface area contributed by atoms with Gasteiger partial charge >= 0.3 is 0 Å². The molecule has 1 aliphatic rings. The highest BCUT2D eigenvalue weighted by Gasteiger charge is 2.23. The molecule has 19 heavy (non-hydrogen) atoms. The molecule has 0 saturated carbocycles. The summed E-state index contributed by atoms with van der Waals surface area (Å²) in [4.78, 5) is 6.77. The van der Waals surface area contributed by atoms with Crippen LogP contribution in [-0.4, -0.2) is 16.4 Å². The number of aromatic nitrogens is 1. The summed E-state index contributed by atoms with van der Waals surface area (Å²) in [6.45, 7) is 4.37. The van der Waals surface area contributed by atoms with E-state index in [-0.39, 0.29) is 0 Å². The fourth-order valence-corrected chi connectivity index (χ4v) is 3.23. The Hall–Kier alpha value is -1.19. The maximum Gasteiger partial charge on any atom is 0.0410 e. The van der Waals surface area contributed by atoms with Crippen LogP contribution in [0.25, 0.3) is 0 Å². The molecule has 1 unspecified atom stereocenters. The molecule has 2 nitrogen and oxygen atoms in total. The van der Waals surface area contributed by atoms with E-state index in [9.17, 15) is 0 Å².